The first-order valence-corrected chi connectivity index (χ1v) is 7.79. The molecule has 3 heterocycles. The summed E-state index contributed by atoms with van der Waals surface area (Å²) in [6.07, 6.45) is 0. The fraction of sp³-hybridized carbons (Fsp3) is 0.500. The lowest BCUT2D eigenvalue weighted by molar-refractivity contribution is -0.243. The van der Waals surface area contributed by atoms with Crippen molar-refractivity contribution < 1.29 is 14.2 Å². The van der Waals surface area contributed by atoms with Gasteiger partial charge in [-0.15, -0.1) is 0 Å². The monoisotopic (exact) mass is 355 g/mol. The lowest BCUT2D eigenvalue weighted by Crippen LogP contribution is -2.69. The highest BCUT2D eigenvalue weighted by Crippen LogP contribution is 2.54. The maximum Gasteiger partial charge on any atom is 0.174 e. The summed E-state index contributed by atoms with van der Waals surface area (Å²) >= 11 is 8.85. The second-order valence-electron chi connectivity index (χ2n) is 5.61. The van der Waals surface area contributed by atoms with Crippen molar-refractivity contribution in [2.45, 2.75) is 5.60 Å². The average molecular weight is 356 g/mol. The normalized spacial score (nSPS) is 30.4. The van der Waals surface area contributed by atoms with Crippen LogP contribution in [0.4, 0.5) is 0 Å². The van der Waals surface area contributed by atoms with E-state index >= 15 is 0 Å². The third-order valence-corrected chi connectivity index (χ3v) is 5.15. The Bertz CT molecular complexity index is 590. The van der Waals surface area contributed by atoms with Crippen LogP contribution in [0.1, 0.15) is 5.56 Å². The number of morpholine rings is 1. The molecule has 0 aromatic heterocycles. The molecule has 3 aliphatic rings. The lowest BCUT2D eigenvalue weighted by Gasteiger charge is -2.58. The third kappa shape index (κ3) is 1.62. The Hall–Kier alpha value is -0.690. The SMILES string of the molecule is S=C1CNCC2(O1)c1cc(Br)ccc1OCC21COC1. The van der Waals surface area contributed by atoms with Crippen LogP contribution in [0.5, 0.6) is 5.75 Å². The number of hydrogen-bond acceptors (Lipinski definition) is 5. The van der Waals surface area contributed by atoms with Crippen LogP contribution < -0.4 is 10.1 Å². The van der Waals surface area contributed by atoms with Crippen LogP contribution >= 0.6 is 28.1 Å². The van der Waals surface area contributed by atoms with Crippen molar-refractivity contribution in [3.05, 3.63) is 28.2 Å². The largest absolute Gasteiger partial charge is 0.492 e. The Morgan fingerprint density at radius 2 is 2.10 bits per heavy atom. The van der Waals surface area contributed by atoms with Crippen molar-refractivity contribution in [1.82, 2.24) is 5.32 Å². The topological polar surface area (TPSA) is 39.7 Å². The number of thiocarbonyl (C=S) groups is 1. The van der Waals surface area contributed by atoms with Crippen LogP contribution in [0.15, 0.2) is 22.7 Å². The van der Waals surface area contributed by atoms with Gasteiger partial charge in [0.05, 0.1) is 25.2 Å². The van der Waals surface area contributed by atoms with Gasteiger partial charge in [-0.05, 0) is 30.4 Å². The fourth-order valence-corrected chi connectivity index (χ4v) is 3.89. The molecule has 0 amide bonds. The summed E-state index contributed by atoms with van der Waals surface area (Å²) < 4.78 is 18.7. The van der Waals surface area contributed by atoms with E-state index in [1.165, 1.54) is 0 Å². The minimum Gasteiger partial charge on any atom is -0.492 e. The summed E-state index contributed by atoms with van der Waals surface area (Å²) in [6.45, 7) is 3.24. The molecule has 6 heteroatoms. The predicted molar refractivity (Wildman–Crippen MR) is 81.1 cm³/mol. The fourth-order valence-electron chi connectivity index (χ4n) is 3.28. The van der Waals surface area contributed by atoms with Crippen LogP contribution in [0, 0.1) is 5.41 Å². The van der Waals surface area contributed by atoms with Crippen LogP contribution in [-0.2, 0) is 15.1 Å². The van der Waals surface area contributed by atoms with Gasteiger partial charge in [0.25, 0.3) is 0 Å². The molecule has 4 rings (SSSR count). The molecule has 1 N–H and O–H groups in total. The van der Waals surface area contributed by atoms with Gasteiger partial charge in [-0.3, -0.25) is 0 Å². The van der Waals surface area contributed by atoms with E-state index in [0.717, 1.165) is 22.3 Å². The average Bonchev–Trinajstić information content (AvgIpc) is 2.38. The molecule has 0 radical (unpaired) electrons. The number of fused-ring (bicyclic) bond motifs is 3. The summed E-state index contributed by atoms with van der Waals surface area (Å²) in [5.41, 5.74) is 0.409. The summed E-state index contributed by atoms with van der Waals surface area (Å²) in [6, 6.07) is 6.04. The van der Waals surface area contributed by atoms with Gasteiger partial charge in [-0.2, -0.15) is 0 Å². The van der Waals surface area contributed by atoms with Gasteiger partial charge < -0.3 is 19.5 Å². The summed E-state index contributed by atoms with van der Waals surface area (Å²) in [7, 11) is 0. The standard InChI is InChI=1S/C14H14BrNO3S/c15-9-1-2-11-10(3-9)14(5-16-4-12(20)19-14)13(8-18-11)6-17-7-13/h1-3,16H,4-8H2. The van der Waals surface area contributed by atoms with Crippen LogP contribution in [-0.4, -0.2) is 38.0 Å². The quantitative estimate of drug-likeness (QED) is 0.720. The Morgan fingerprint density at radius 1 is 1.25 bits per heavy atom. The Kier molecular flexibility index (Phi) is 2.86. The first-order valence-electron chi connectivity index (χ1n) is 6.58. The maximum atomic E-state index is 6.24. The molecule has 2 saturated heterocycles. The van der Waals surface area contributed by atoms with Crippen molar-refractivity contribution in [1.29, 1.82) is 0 Å². The van der Waals surface area contributed by atoms with Gasteiger partial charge in [-0.25, -0.2) is 0 Å². The number of benzene rings is 1. The van der Waals surface area contributed by atoms with Gasteiger partial charge >= 0.3 is 0 Å². The summed E-state index contributed by atoms with van der Waals surface area (Å²) in [4.78, 5) is 0. The van der Waals surface area contributed by atoms with Crippen molar-refractivity contribution in [3.63, 3.8) is 0 Å². The zero-order valence-electron chi connectivity index (χ0n) is 10.8. The van der Waals surface area contributed by atoms with Gasteiger partial charge in [-0.1, -0.05) is 15.9 Å². The molecule has 1 atom stereocenters. The molecule has 106 valence electrons. The van der Waals surface area contributed by atoms with E-state index in [4.69, 9.17) is 26.4 Å². The van der Waals surface area contributed by atoms with E-state index in [0.29, 0.717) is 31.4 Å². The molecule has 0 aliphatic carbocycles. The van der Waals surface area contributed by atoms with E-state index in [-0.39, 0.29) is 5.41 Å². The third-order valence-electron chi connectivity index (χ3n) is 4.43. The molecule has 2 spiro atoms. The molecule has 1 aromatic carbocycles. The van der Waals surface area contributed by atoms with Crippen LogP contribution in [0.2, 0.25) is 0 Å². The Balaban J connectivity index is 1.90. The van der Waals surface area contributed by atoms with Gasteiger partial charge in [0.2, 0.25) is 0 Å². The minimum absolute atomic E-state index is 0.154. The molecule has 4 nitrogen and oxygen atoms in total. The van der Waals surface area contributed by atoms with E-state index in [2.05, 4.69) is 27.3 Å². The zero-order valence-corrected chi connectivity index (χ0v) is 13.2. The molecule has 2 fully saturated rings. The molecule has 0 bridgehead atoms. The molecule has 20 heavy (non-hydrogen) atoms. The van der Waals surface area contributed by atoms with Gasteiger partial charge in [0.15, 0.2) is 10.7 Å². The molecular formula is C14H14BrNO3S. The highest BCUT2D eigenvalue weighted by molar-refractivity contribution is 9.10. The number of nitrogens with one attached hydrogen (secondary N) is 1. The molecule has 3 aliphatic heterocycles. The Labute approximate surface area is 130 Å². The second-order valence-corrected chi connectivity index (χ2v) is 6.98. The highest BCUT2D eigenvalue weighted by Gasteiger charge is 2.64. The molecule has 1 unspecified atom stereocenters. The van der Waals surface area contributed by atoms with Crippen molar-refractivity contribution >= 4 is 33.2 Å². The number of halogens is 1. The van der Waals surface area contributed by atoms with Crippen molar-refractivity contribution in [3.8, 4) is 5.75 Å². The molecular weight excluding hydrogens is 342 g/mol. The minimum atomic E-state index is -0.488. The first kappa shape index (κ1) is 13.0. The maximum absolute atomic E-state index is 6.24. The van der Waals surface area contributed by atoms with Crippen LogP contribution in [0.25, 0.3) is 0 Å². The predicted octanol–water partition coefficient (Wildman–Crippen LogP) is 2.00. The van der Waals surface area contributed by atoms with E-state index in [1.54, 1.807) is 0 Å². The molecule has 1 aromatic rings. The Morgan fingerprint density at radius 3 is 2.80 bits per heavy atom. The number of rotatable bonds is 0. The highest BCUT2D eigenvalue weighted by atomic mass is 79.9. The smallest absolute Gasteiger partial charge is 0.174 e. The lowest BCUT2D eigenvalue weighted by atomic mass is 9.65. The molecule has 0 saturated carbocycles. The van der Waals surface area contributed by atoms with E-state index in [9.17, 15) is 0 Å². The van der Waals surface area contributed by atoms with Crippen molar-refractivity contribution in [2.75, 3.05) is 32.9 Å². The second kappa shape index (κ2) is 4.40. The first-order chi connectivity index (χ1) is 9.65. The van der Waals surface area contributed by atoms with Crippen LogP contribution in [0.3, 0.4) is 0 Å². The number of hydrogen-bond donors (Lipinski definition) is 1. The van der Waals surface area contributed by atoms with Gasteiger partial charge in [0.1, 0.15) is 12.4 Å². The number of ether oxygens (including phenoxy) is 3. The summed E-state index contributed by atoms with van der Waals surface area (Å²) in [5, 5.41) is 3.99. The van der Waals surface area contributed by atoms with E-state index in [1.807, 2.05) is 12.1 Å². The zero-order chi connectivity index (χ0) is 13.8. The van der Waals surface area contributed by atoms with E-state index < -0.39 is 5.60 Å². The van der Waals surface area contributed by atoms with Gasteiger partial charge in [0, 0.05) is 16.6 Å². The van der Waals surface area contributed by atoms with Crippen molar-refractivity contribution in [2.24, 2.45) is 5.41 Å². The summed E-state index contributed by atoms with van der Waals surface area (Å²) in [5.74, 6) is 0.872.